The van der Waals surface area contributed by atoms with Crippen LogP contribution in [-0.2, 0) is 17.5 Å². The number of alkyl halides is 3. The maximum absolute atomic E-state index is 13.7. The number of anilines is 1. The van der Waals surface area contributed by atoms with Crippen molar-refractivity contribution in [3.8, 4) is 22.4 Å². The van der Waals surface area contributed by atoms with Gasteiger partial charge in [0.05, 0.1) is 28.8 Å². The molecule has 2 aromatic heterocycles. The van der Waals surface area contributed by atoms with Gasteiger partial charge in [0.1, 0.15) is 17.1 Å². The quantitative estimate of drug-likeness (QED) is 0.177. The number of urea groups is 1. The number of carbonyl (C=O) groups excluding carboxylic acids is 1. The normalized spacial score (nSPS) is 20.4. The molecule has 7 rings (SSSR count). The average Bonchev–Trinajstić information content (AvgIpc) is 3.75. The molecule has 256 valence electrons. The summed E-state index contributed by atoms with van der Waals surface area (Å²) in [6.07, 6.45) is 1.72. The van der Waals surface area contributed by atoms with Crippen LogP contribution in [0.25, 0.3) is 22.4 Å². The molecule has 49 heavy (non-hydrogen) atoms. The Bertz CT molecular complexity index is 1880. The molecule has 2 saturated heterocycles. The van der Waals surface area contributed by atoms with Gasteiger partial charge in [-0.25, -0.2) is 9.59 Å². The highest BCUT2D eigenvalue weighted by Crippen LogP contribution is 2.46. The first-order valence-corrected chi connectivity index (χ1v) is 16.8. The number of pyridine rings is 1. The molecule has 3 fully saturated rings. The zero-order chi connectivity index (χ0) is 34.4. The molecule has 0 spiro atoms. The molecular formula is C35H31Cl2F3N4O5. The zero-order valence-corrected chi connectivity index (χ0v) is 27.5. The van der Waals surface area contributed by atoms with E-state index in [1.54, 1.807) is 18.2 Å². The minimum Gasteiger partial charge on any atom is -0.478 e. The number of benzene rings is 2. The Labute approximate surface area is 289 Å². The Morgan fingerprint density at radius 2 is 1.78 bits per heavy atom. The van der Waals surface area contributed by atoms with Gasteiger partial charge in [0.15, 0.2) is 0 Å². The third kappa shape index (κ3) is 6.73. The molecule has 2 bridgehead atoms. The second-order valence-corrected chi connectivity index (χ2v) is 13.5. The van der Waals surface area contributed by atoms with E-state index in [9.17, 15) is 27.9 Å². The summed E-state index contributed by atoms with van der Waals surface area (Å²) < 4.78 is 51.3. The summed E-state index contributed by atoms with van der Waals surface area (Å²) in [6.45, 7) is 0.660. The van der Waals surface area contributed by atoms with Crippen molar-refractivity contribution in [2.24, 2.45) is 5.92 Å². The number of hydrogen-bond acceptors (Lipinski definition) is 6. The van der Waals surface area contributed by atoms with Gasteiger partial charge < -0.3 is 24.6 Å². The van der Waals surface area contributed by atoms with Crippen LogP contribution >= 0.6 is 23.2 Å². The molecule has 2 aromatic carbocycles. The Kier molecular flexibility index (Phi) is 9.06. The molecule has 3 aliphatic rings. The molecule has 1 aliphatic carbocycles. The van der Waals surface area contributed by atoms with Crippen molar-refractivity contribution in [2.45, 2.75) is 69.3 Å². The fourth-order valence-corrected chi connectivity index (χ4v) is 7.66. The number of aromatic nitrogens is 2. The largest absolute Gasteiger partial charge is 0.478 e. The summed E-state index contributed by atoms with van der Waals surface area (Å²) in [5.74, 6) is -0.116. The van der Waals surface area contributed by atoms with Crippen LogP contribution in [0.1, 0.15) is 71.8 Å². The topological polar surface area (TPSA) is 118 Å². The van der Waals surface area contributed by atoms with E-state index >= 15 is 0 Å². The number of piperidine rings is 1. The van der Waals surface area contributed by atoms with Crippen molar-refractivity contribution in [3.63, 3.8) is 0 Å². The number of halogens is 5. The van der Waals surface area contributed by atoms with Crippen LogP contribution in [0.15, 0.2) is 59.3 Å². The van der Waals surface area contributed by atoms with Crippen LogP contribution in [0.4, 0.5) is 23.7 Å². The molecule has 14 heteroatoms. The number of hydrogen-bond donors (Lipinski definition) is 2. The number of nitrogens with one attached hydrogen (secondary N) is 1. The minimum atomic E-state index is -4.63. The fourth-order valence-electron chi connectivity index (χ4n) is 7.08. The molecule has 9 nitrogen and oxygen atoms in total. The summed E-state index contributed by atoms with van der Waals surface area (Å²) in [5, 5.41) is 17.9. The first-order chi connectivity index (χ1) is 23.5. The van der Waals surface area contributed by atoms with Gasteiger partial charge in [-0.2, -0.15) is 13.2 Å². The number of aromatic carboxylic acids is 1. The highest BCUT2D eigenvalue weighted by molar-refractivity contribution is 6.39. The van der Waals surface area contributed by atoms with E-state index in [0.717, 1.165) is 68.2 Å². The molecule has 3 unspecified atom stereocenters. The number of rotatable bonds is 9. The summed E-state index contributed by atoms with van der Waals surface area (Å²) >= 11 is 13.0. The Balaban J connectivity index is 1.05. The molecule has 2 amide bonds. The monoisotopic (exact) mass is 714 g/mol. The van der Waals surface area contributed by atoms with Gasteiger partial charge in [-0.15, -0.1) is 0 Å². The van der Waals surface area contributed by atoms with Gasteiger partial charge in [0.25, 0.3) is 0 Å². The summed E-state index contributed by atoms with van der Waals surface area (Å²) in [6, 6.07) is 11.1. The molecule has 2 aliphatic heterocycles. The second-order valence-electron chi connectivity index (χ2n) is 12.7. The van der Waals surface area contributed by atoms with Crippen LogP contribution in [0.5, 0.6) is 0 Å². The van der Waals surface area contributed by atoms with Crippen LogP contribution < -0.4 is 5.32 Å². The molecule has 3 atom stereocenters. The SMILES string of the molecule is O=C(O)c1ccc(NC(=O)N2C3CCC(COCc4c(-c5c(Cl)cccc5Cl)noc4C4CC4)C2CC3)cc1-c1ccc(C(F)(F)F)nc1. The Morgan fingerprint density at radius 3 is 2.45 bits per heavy atom. The average molecular weight is 716 g/mol. The van der Waals surface area contributed by atoms with E-state index in [0.29, 0.717) is 33.6 Å². The van der Waals surface area contributed by atoms with Crippen LogP contribution in [0, 0.1) is 5.92 Å². The molecule has 0 radical (unpaired) electrons. The number of carbonyl (C=O) groups is 2. The predicted molar refractivity (Wildman–Crippen MR) is 176 cm³/mol. The smallest absolute Gasteiger partial charge is 0.433 e. The van der Waals surface area contributed by atoms with E-state index in [-0.39, 0.29) is 53.2 Å². The lowest BCUT2D eigenvalue weighted by atomic mass is 9.91. The summed E-state index contributed by atoms with van der Waals surface area (Å²) in [5.41, 5.74) is 1.41. The third-order valence-corrected chi connectivity index (χ3v) is 10.2. The van der Waals surface area contributed by atoms with Crippen molar-refractivity contribution >= 4 is 40.9 Å². The molecule has 4 aromatic rings. The lowest BCUT2D eigenvalue weighted by molar-refractivity contribution is -0.141. The van der Waals surface area contributed by atoms with E-state index in [1.165, 1.54) is 18.2 Å². The minimum absolute atomic E-state index is 0.0478. The summed E-state index contributed by atoms with van der Waals surface area (Å²) in [4.78, 5) is 31.0. The molecule has 1 saturated carbocycles. The van der Waals surface area contributed by atoms with Crippen molar-refractivity contribution in [1.82, 2.24) is 15.0 Å². The standard InChI is InChI=1S/C35H31Cl2F3N4O5/c36-26-2-1-3-27(37)30(26)31-25(32(49-43-31)18-4-5-18)17-48-16-20-6-9-22-10-12-28(20)44(22)34(47)42-21-8-11-23(33(45)46)24(14-21)19-7-13-29(41-15-19)35(38,39)40/h1-3,7-8,11,13-15,18,20,22,28H,4-6,9-10,12,16-17H2,(H,42,47)(H,45,46). The maximum Gasteiger partial charge on any atom is 0.433 e. The first kappa shape index (κ1) is 33.4. The second kappa shape index (κ2) is 13.3. The first-order valence-electron chi connectivity index (χ1n) is 16.0. The van der Waals surface area contributed by atoms with Gasteiger partial charge in [0.2, 0.25) is 0 Å². The molecular weight excluding hydrogens is 684 g/mol. The maximum atomic E-state index is 13.7. The van der Waals surface area contributed by atoms with Gasteiger partial charge in [0, 0.05) is 52.5 Å². The van der Waals surface area contributed by atoms with E-state index in [1.807, 2.05) is 4.90 Å². The highest BCUT2D eigenvalue weighted by atomic mass is 35.5. The number of fused-ring (bicyclic) bond motifs is 2. The van der Waals surface area contributed by atoms with Crippen molar-refractivity contribution in [3.05, 3.63) is 87.4 Å². The van der Waals surface area contributed by atoms with Crippen LogP contribution in [0.2, 0.25) is 10.0 Å². The number of ether oxygens (including phenoxy) is 1. The van der Waals surface area contributed by atoms with Crippen molar-refractivity contribution in [1.29, 1.82) is 0 Å². The van der Waals surface area contributed by atoms with Gasteiger partial charge in [-0.1, -0.05) is 40.5 Å². The van der Waals surface area contributed by atoms with Crippen LogP contribution in [0.3, 0.4) is 0 Å². The lowest BCUT2D eigenvalue weighted by Crippen LogP contribution is -2.50. The highest BCUT2D eigenvalue weighted by Gasteiger charge is 2.45. The number of amides is 2. The predicted octanol–water partition coefficient (Wildman–Crippen LogP) is 9.30. The third-order valence-electron chi connectivity index (χ3n) is 9.61. The summed E-state index contributed by atoms with van der Waals surface area (Å²) in [7, 11) is 0. The van der Waals surface area contributed by atoms with E-state index in [2.05, 4.69) is 15.5 Å². The van der Waals surface area contributed by atoms with E-state index < -0.39 is 17.8 Å². The zero-order valence-electron chi connectivity index (χ0n) is 26.0. The van der Waals surface area contributed by atoms with Gasteiger partial charge >= 0.3 is 18.2 Å². The van der Waals surface area contributed by atoms with Crippen molar-refractivity contribution < 1.29 is 37.1 Å². The Morgan fingerprint density at radius 1 is 1.02 bits per heavy atom. The van der Waals surface area contributed by atoms with E-state index in [4.69, 9.17) is 32.5 Å². The van der Waals surface area contributed by atoms with Crippen LogP contribution in [-0.4, -0.2) is 50.8 Å². The van der Waals surface area contributed by atoms with Crippen molar-refractivity contribution in [2.75, 3.05) is 11.9 Å². The Hall–Kier alpha value is -4.13. The fraction of sp³-hybridized carbons (Fsp3) is 0.371. The number of nitrogens with zero attached hydrogens (tertiary/aromatic N) is 3. The lowest BCUT2D eigenvalue weighted by Gasteiger charge is -2.40. The molecule has 4 heterocycles. The van der Waals surface area contributed by atoms with Gasteiger partial charge in [-0.3, -0.25) is 4.98 Å². The number of carboxylic acids is 1. The van der Waals surface area contributed by atoms with Gasteiger partial charge in [-0.05, 0) is 80.5 Å². The molecule has 2 N–H and O–H groups in total. The number of carboxylic acid groups (broad SMARTS) is 1.